The van der Waals surface area contributed by atoms with Crippen molar-refractivity contribution in [2.75, 3.05) is 26.0 Å². The van der Waals surface area contributed by atoms with Gasteiger partial charge in [-0.2, -0.15) is 0 Å². The second kappa shape index (κ2) is 30.2. The molecule has 0 fully saturated rings. The maximum atomic E-state index is 6.02. The van der Waals surface area contributed by atoms with E-state index in [-0.39, 0.29) is 12.6 Å². The van der Waals surface area contributed by atoms with Crippen LogP contribution in [-0.4, -0.2) is 38.6 Å². The minimum atomic E-state index is -0.217. The largest absolute Gasteiger partial charge is 0.356 e. The number of hydrogen-bond donors (Lipinski definition) is 0. The van der Waals surface area contributed by atoms with Gasteiger partial charge in [-0.25, -0.2) is 0 Å². The maximum absolute atomic E-state index is 6.02. The molecule has 0 aromatic rings. The lowest BCUT2D eigenvalue weighted by molar-refractivity contribution is -0.232. The van der Waals surface area contributed by atoms with Gasteiger partial charge in [-0.15, -0.1) is 23.2 Å². The van der Waals surface area contributed by atoms with Crippen LogP contribution in [0.1, 0.15) is 128 Å². The number of allylic oxidation sites excluding steroid dienone is 4. The maximum Gasteiger partial charge on any atom is 0.160 e. The monoisotopic (exact) mass is 534 g/mol. The predicted octanol–water partition coefficient (Wildman–Crippen LogP) is 10.3. The van der Waals surface area contributed by atoms with Crippen molar-refractivity contribution in [2.45, 2.75) is 141 Å². The summed E-state index contributed by atoms with van der Waals surface area (Å²) in [5.41, 5.74) is 0. The average molecular weight is 536 g/mol. The second-order valence-electron chi connectivity index (χ2n) is 9.47. The molecule has 0 aromatic carbocycles. The molecule has 0 radical (unpaired) electrons. The van der Waals surface area contributed by atoms with Gasteiger partial charge in [0.25, 0.3) is 0 Å². The van der Waals surface area contributed by atoms with E-state index in [1.165, 1.54) is 89.9 Å². The standard InChI is InChI=1S/C30H56Cl2O3/c1-33-29(25-21-17-13-9-5-3-7-11-15-19-23-27-31)35-30(34-2)26-22-18-14-10-6-4-8-12-16-20-24-28-32/h13-14,17-18,29-30H,3-12,15-16,19-28H2,1-2H3. The van der Waals surface area contributed by atoms with Gasteiger partial charge in [-0.05, 0) is 51.4 Å². The summed E-state index contributed by atoms with van der Waals surface area (Å²) in [4.78, 5) is 0. The molecule has 0 aliphatic rings. The van der Waals surface area contributed by atoms with E-state index in [1.807, 2.05) is 0 Å². The number of halogens is 2. The highest BCUT2D eigenvalue weighted by molar-refractivity contribution is 6.18. The van der Waals surface area contributed by atoms with Crippen molar-refractivity contribution in [1.82, 2.24) is 0 Å². The molecule has 0 aliphatic heterocycles. The normalized spacial score (nSPS) is 13.8. The predicted molar refractivity (Wildman–Crippen MR) is 155 cm³/mol. The van der Waals surface area contributed by atoms with Crippen molar-refractivity contribution in [3.63, 3.8) is 0 Å². The van der Waals surface area contributed by atoms with Gasteiger partial charge in [0.1, 0.15) is 0 Å². The van der Waals surface area contributed by atoms with Gasteiger partial charge in [-0.1, -0.05) is 88.5 Å². The fraction of sp³-hybridized carbons (Fsp3) is 0.867. The molecule has 2 atom stereocenters. The molecular formula is C30H56Cl2O3. The lowest BCUT2D eigenvalue weighted by Gasteiger charge is -2.22. The van der Waals surface area contributed by atoms with Crippen LogP contribution in [0.15, 0.2) is 24.3 Å². The summed E-state index contributed by atoms with van der Waals surface area (Å²) in [6.07, 6.45) is 32.9. The first-order chi connectivity index (χ1) is 17.3. The molecular weight excluding hydrogens is 479 g/mol. The molecule has 0 heterocycles. The summed E-state index contributed by atoms with van der Waals surface area (Å²) >= 11 is 11.4. The lowest BCUT2D eigenvalue weighted by atomic mass is 10.1. The zero-order chi connectivity index (χ0) is 25.7. The van der Waals surface area contributed by atoms with E-state index >= 15 is 0 Å². The van der Waals surface area contributed by atoms with Crippen molar-refractivity contribution in [3.8, 4) is 0 Å². The van der Waals surface area contributed by atoms with Crippen LogP contribution >= 0.6 is 23.2 Å². The Morgan fingerprint density at radius 3 is 1.11 bits per heavy atom. The van der Waals surface area contributed by atoms with Crippen LogP contribution in [0.2, 0.25) is 0 Å². The number of methoxy groups -OCH3 is 2. The molecule has 5 heteroatoms. The number of alkyl halides is 2. The van der Waals surface area contributed by atoms with E-state index in [2.05, 4.69) is 24.3 Å². The fourth-order valence-corrected chi connectivity index (χ4v) is 4.45. The van der Waals surface area contributed by atoms with E-state index in [1.54, 1.807) is 14.2 Å². The van der Waals surface area contributed by atoms with Gasteiger partial charge in [-0.3, -0.25) is 0 Å². The van der Waals surface area contributed by atoms with Crippen LogP contribution < -0.4 is 0 Å². The first kappa shape index (κ1) is 34.9. The molecule has 3 nitrogen and oxygen atoms in total. The van der Waals surface area contributed by atoms with Crippen LogP contribution in [-0.2, 0) is 14.2 Å². The molecule has 0 aromatic heterocycles. The molecule has 0 aliphatic carbocycles. The molecule has 35 heavy (non-hydrogen) atoms. The Kier molecular flexibility index (Phi) is 30.1. The van der Waals surface area contributed by atoms with Crippen LogP contribution in [0.4, 0.5) is 0 Å². The SMILES string of the molecule is COC(CCC=CCCCCCCCCCCl)OC(CCC=CCCCCCCCCCCl)OC. The fourth-order valence-electron chi connectivity index (χ4n) is 4.07. The van der Waals surface area contributed by atoms with Crippen LogP contribution in [0, 0.1) is 0 Å². The van der Waals surface area contributed by atoms with E-state index < -0.39 is 0 Å². The Balaban J connectivity index is 3.72. The van der Waals surface area contributed by atoms with E-state index in [0.29, 0.717) is 0 Å². The highest BCUT2D eigenvalue weighted by Gasteiger charge is 2.14. The van der Waals surface area contributed by atoms with Crippen molar-refractivity contribution >= 4 is 23.2 Å². The molecule has 0 amide bonds. The van der Waals surface area contributed by atoms with Crippen LogP contribution in [0.3, 0.4) is 0 Å². The molecule has 0 spiro atoms. The number of ether oxygens (including phenoxy) is 3. The quantitative estimate of drug-likeness (QED) is 0.0432. The molecule has 2 unspecified atom stereocenters. The summed E-state index contributed by atoms with van der Waals surface area (Å²) in [6, 6.07) is 0. The zero-order valence-electron chi connectivity index (χ0n) is 23.0. The Morgan fingerprint density at radius 1 is 0.457 bits per heavy atom. The van der Waals surface area contributed by atoms with Gasteiger partial charge < -0.3 is 14.2 Å². The van der Waals surface area contributed by atoms with Crippen molar-refractivity contribution < 1.29 is 14.2 Å². The highest BCUT2D eigenvalue weighted by Crippen LogP contribution is 2.14. The zero-order valence-corrected chi connectivity index (χ0v) is 24.5. The summed E-state index contributed by atoms with van der Waals surface area (Å²) in [5.74, 6) is 1.61. The topological polar surface area (TPSA) is 27.7 Å². The number of hydrogen-bond acceptors (Lipinski definition) is 3. The summed E-state index contributed by atoms with van der Waals surface area (Å²) in [6.45, 7) is 0. The van der Waals surface area contributed by atoms with Crippen molar-refractivity contribution in [3.05, 3.63) is 24.3 Å². The van der Waals surface area contributed by atoms with Crippen LogP contribution in [0.25, 0.3) is 0 Å². The molecule has 208 valence electrons. The minimum absolute atomic E-state index is 0.217. The molecule has 0 saturated heterocycles. The van der Waals surface area contributed by atoms with Gasteiger partial charge in [0, 0.05) is 38.8 Å². The average Bonchev–Trinajstić information content (AvgIpc) is 2.88. The Hall–Kier alpha value is -0.0600. The second-order valence-corrected chi connectivity index (χ2v) is 10.2. The third kappa shape index (κ3) is 26.8. The third-order valence-electron chi connectivity index (χ3n) is 6.31. The number of rotatable bonds is 28. The Morgan fingerprint density at radius 2 is 0.771 bits per heavy atom. The third-order valence-corrected chi connectivity index (χ3v) is 6.84. The smallest absolute Gasteiger partial charge is 0.160 e. The first-order valence-electron chi connectivity index (χ1n) is 14.4. The Labute approximate surface area is 228 Å². The summed E-state index contributed by atoms with van der Waals surface area (Å²) in [7, 11) is 3.43. The Bertz CT molecular complexity index is 417. The molecule has 0 saturated carbocycles. The first-order valence-corrected chi connectivity index (χ1v) is 15.5. The minimum Gasteiger partial charge on any atom is -0.356 e. The van der Waals surface area contributed by atoms with E-state index in [0.717, 1.165) is 50.3 Å². The van der Waals surface area contributed by atoms with Gasteiger partial charge in [0.2, 0.25) is 0 Å². The molecule has 0 rings (SSSR count). The van der Waals surface area contributed by atoms with Crippen LogP contribution in [0.5, 0.6) is 0 Å². The van der Waals surface area contributed by atoms with Crippen molar-refractivity contribution in [1.29, 1.82) is 0 Å². The highest BCUT2D eigenvalue weighted by atomic mass is 35.5. The van der Waals surface area contributed by atoms with Gasteiger partial charge >= 0.3 is 0 Å². The van der Waals surface area contributed by atoms with Gasteiger partial charge in [0.05, 0.1) is 0 Å². The molecule has 0 bridgehead atoms. The number of unbranched alkanes of at least 4 members (excludes halogenated alkanes) is 14. The van der Waals surface area contributed by atoms with E-state index in [9.17, 15) is 0 Å². The van der Waals surface area contributed by atoms with Gasteiger partial charge in [0.15, 0.2) is 12.6 Å². The summed E-state index contributed by atoms with van der Waals surface area (Å²) < 4.78 is 17.1. The summed E-state index contributed by atoms with van der Waals surface area (Å²) in [5, 5.41) is 0. The molecule has 0 N–H and O–H groups in total. The lowest BCUT2D eigenvalue weighted by Crippen LogP contribution is -2.25. The van der Waals surface area contributed by atoms with E-state index in [4.69, 9.17) is 37.4 Å². The van der Waals surface area contributed by atoms with Crippen molar-refractivity contribution in [2.24, 2.45) is 0 Å².